The van der Waals surface area contributed by atoms with Crippen LogP contribution in [0.4, 0.5) is 0 Å². The summed E-state index contributed by atoms with van der Waals surface area (Å²) in [6.07, 6.45) is 0.883. The van der Waals surface area contributed by atoms with Gasteiger partial charge in [-0.3, -0.25) is 4.79 Å². The van der Waals surface area contributed by atoms with Crippen molar-refractivity contribution < 1.29 is 4.79 Å². The van der Waals surface area contributed by atoms with Gasteiger partial charge in [-0.15, -0.1) is 0 Å². The van der Waals surface area contributed by atoms with Gasteiger partial charge in [0.2, 0.25) is 5.91 Å². The number of benzene rings is 1. The van der Waals surface area contributed by atoms with Crippen LogP contribution in [-0.4, -0.2) is 12.5 Å². The van der Waals surface area contributed by atoms with Crippen LogP contribution in [0.3, 0.4) is 0 Å². The number of nitrogens with one attached hydrogen (secondary N) is 1. The highest BCUT2D eigenvalue weighted by molar-refractivity contribution is 5.72. The molecule has 0 fully saturated rings. The highest BCUT2D eigenvalue weighted by Gasteiger charge is 1.92. The van der Waals surface area contributed by atoms with E-state index in [-0.39, 0.29) is 5.91 Å². The van der Waals surface area contributed by atoms with Gasteiger partial charge in [0.05, 0.1) is 0 Å². The highest BCUT2D eigenvalue weighted by Crippen LogP contribution is 1.97. The minimum absolute atomic E-state index is 0.0255. The summed E-state index contributed by atoms with van der Waals surface area (Å²) >= 11 is 0. The van der Waals surface area contributed by atoms with E-state index < -0.39 is 0 Å². The third-order valence-electron chi connectivity index (χ3n) is 1.57. The fourth-order valence-corrected chi connectivity index (χ4v) is 0.971. The van der Waals surface area contributed by atoms with E-state index in [1.54, 1.807) is 0 Å². The molecule has 0 aliphatic carbocycles. The molecule has 0 aliphatic rings. The molecule has 1 amide bonds. The van der Waals surface area contributed by atoms with Gasteiger partial charge in [0.1, 0.15) is 0 Å². The average Bonchev–Trinajstić information content (AvgIpc) is 2.05. The molecule has 2 nitrogen and oxygen atoms in total. The lowest BCUT2D eigenvalue weighted by Crippen LogP contribution is -2.22. The number of carbonyl (C=O) groups excluding carboxylic acids is 1. The molecule has 0 heterocycles. The Morgan fingerprint density at radius 3 is 2.75 bits per heavy atom. The van der Waals surface area contributed by atoms with Crippen molar-refractivity contribution in [3.05, 3.63) is 35.9 Å². The highest BCUT2D eigenvalue weighted by atomic mass is 16.1. The molecule has 0 unspecified atom stereocenters. The number of amides is 1. The summed E-state index contributed by atoms with van der Waals surface area (Å²) in [5.41, 5.74) is 1.22. The third kappa shape index (κ3) is 3.19. The van der Waals surface area contributed by atoms with Crippen molar-refractivity contribution in [3.63, 3.8) is 0 Å². The molecule has 1 N–H and O–H groups in total. The van der Waals surface area contributed by atoms with Gasteiger partial charge >= 0.3 is 0 Å². The Labute approximate surface area is 72.6 Å². The van der Waals surface area contributed by atoms with Gasteiger partial charge in [0.15, 0.2) is 0 Å². The van der Waals surface area contributed by atoms with Crippen LogP contribution in [0.5, 0.6) is 0 Å². The third-order valence-corrected chi connectivity index (χ3v) is 1.57. The first-order chi connectivity index (χ1) is 5.79. The predicted molar refractivity (Wildman–Crippen MR) is 47.7 cm³/mol. The van der Waals surface area contributed by atoms with Crippen molar-refractivity contribution in [2.45, 2.75) is 13.3 Å². The van der Waals surface area contributed by atoms with Crippen LogP contribution >= 0.6 is 0 Å². The van der Waals surface area contributed by atoms with Crippen molar-refractivity contribution in [2.24, 2.45) is 0 Å². The molecule has 12 heavy (non-hydrogen) atoms. The molecular weight excluding hydrogens is 150 g/mol. The van der Waals surface area contributed by atoms with Crippen molar-refractivity contribution >= 4 is 5.91 Å². The fourth-order valence-electron chi connectivity index (χ4n) is 0.971. The Hall–Kier alpha value is -1.31. The molecule has 1 rings (SSSR count). The molecule has 0 aliphatic heterocycles. The van der Waals surface area contributed by atoms with Crippen LogP contribution < -0.4 is 5.32 Å². The molecule has 1 radical (unpaired) electrons. The summed E-state index contributed by atoms with van der Waals surface area (Å²) in [5, 5.41) is 2.74. The van der Waals surface area contributed by atoms with Crippen LogP contribution in [0, 0.1) is 6.07 Å². The van der Waals surface area contributed by atoms with E-state index in [9.17, 15) is 4.79 Å². The summed E-state index contributed by atoms with van der Waals surface area (Å²) in [6, 6.07) is 10.7. The number of rotatable bonds is 3. The molecule has 63 valence electrons. The summed E-state index contributed by atoms with van der Waals surface area (Å²) in [7, 11) is 0. The van der Waals surface area contributed by atoms with Gasteiger partial charge in [0.25, 0.3) is 0 Å². The lowest BCUT2D eigenvalue weighted by Gasteiger charge is -2.00. The Morgan fingerprint density at radius 2 is 2.17 bits per heavy atom. The van der Waals surface area contributed by atoms with E-state index in [4.69, 9.17) is 0 Å². The van der Waals surface area contributed by atoms with Crippen molar-refractivity contribution in [2.75, 3.05) is 6.54 Å². The van der Waals surface area contributed by atoms with Crippen LogP contribution in [0.25, 0.3) is 0 Å². The quantitative estimate of drug-likeness (QED) is 0.710. The first-order valence-corrected chi connectivity index (χ1v) is 3.98. The van der Waals surface area contributed by atoms with E-state index in [1.165, 1.54) is 12.5 Å². The Morgan fingerprint density at radius 1 is 1.50 bits per heavy atom. The molecule has 0 saturated heterocycles. The summed E-state index contributed by atoms with van der Waals surface area (Å²) in [5.74, 6) is 0.0255. The zero-order chi connectivity index (χ0) is 8.81. The zero-order valence-corrected chi connectivity index (χ0v) is 7.13. The predicted octanol–water partition coefficient (Wildman–Crippen LogP) is 1.17. The minimum atomic E-state index is 0.0255. The first-order valence-electron chi connectivity index (χ1n) is 3.98. The summed E-state index contributed by atoms with van der Waals surface area (Å²) in [4.78, 5) is 10.5. The Bertz CT molecular complexity index is 243. The van der Waals surface area contributed by atoms with Crippen molar-refractivity contribution in [1.82, 2.24) is 5.32 Å². The molecule has 0 bridgehead atoms. The van der Waals surface area contributed by atoms with E-state index in [2.05, 4.69) is 11.4 Å². The molecule has 0 atom stereocenters. The number of hydrogen-bond acceptors (Lipinski definition) is 1. The zero-order valence-electron chi connectivity index (χ0n) is 7.13. The standard InChI is InChI=1S/C10H12NO/c1-9(12)11-8-7-10-5-3-2-4-6-10/h3-6H,7-8H2,1H3,(H,11,12). The van der Waals surface area contributed by atoms with Gasteiger partial charge < -0.3 is 5.32 Å². The topological polar surface area (TPSA) is 29.1 Å². The number of hydrogen-bond donors (Lipinski definition) is 1. The van der Waals surface area contributed by atoms with E-state index in [0.717, 1.165) is 6.42 Å². The van der Waals surface area contributed by atoms with Gasteiger partial charge in [0, 0.05) is 13.5 Å². The van der Waals surface area contributed by atoms with E-state index >= 15 is 0 Å². The summed E-state index contributed by atoms with van der Waals surface area (Å²) in [6.45, 7) is 2.23. The number of carbonyl (C=O) groups is 1. The molecule has 1 aromatic rings. The molecule has 0 aromatic heterocycles. The Balaban J connectivity index is 2.29. The summed E-state index contributed by atoms with van der Waals surface area (Å²) < 4.78 is 0. The smallest absolute Gasteiger partial charge is 0.216 e. The SMILES string of the molecule is CC(=O)NCCc1cc[c]cc1. The van der Waals surface area contributed by atoms with Gasteiger partial charge in [-0.25, -0.2) is 0 Å². The van der Waals surface area contributed by atoms with Crippen molar-refractivity contribution in [1.29, 1.82) is 0 Å². The lowest BCUT2D eigenvalue weighted by atomic mass is 10.1. The van der Waals surface area contributed by atoms with Crippen LogP contribution in [0.15, 0.2) is 24.3 Å². The second-order valence-electron chi connectivity index (χ2n) is 2.64. The monoisotopic (exact) mass is 162 g/mol. The fraction of sp³-hybridized carbons (Fsp3) is 0.300. The minimum Gasteiger partial charge on any atom is -0.356 e. The largest absolute Gasteiger partial charge is 0.356 e. The normalized spacial score (nSPS) is 9.42. The van der Waals surface area contributed by atoms with Crippen molar-refractivity contribution in [3.8, 4) is 0 Å². The average molecular weight is 162 g/mol. The van der Waals surface area contributed by atoms with E-state index in [0.29, 0.717) is 6.54 Å². The maximum atomic E-state index is 10.5. The molecule has 0 spiro atoms. The van der Waals surface area contributed by atoms with Crippen LogP contribution in [0.1, 0.15) is 12.5 Å². The second-order valence-corrected chi connectivity index (χ2v) is 2.64. The van der Waals surface area contributed by atoms with Gasteiger partial charge in [-0.2, -0.15) is 0 Å². The van der Waals surface area contributed by atoms with Gasteiger partial charge in [-0.1, -0.05) is 24.3 Å². The Kier molecular flexibility index (Phi) is 3.33. The molecule has 1 aromatic carbocycles. The second kappa shape index (κ2) is 4.54. The maximum Gasteiger partial charge on any atom is 0.216 e. The molecule has 2 heteroatoms. The van der Waals surface area contributed by atoms with Crippen LogP contribution in [-0.2, 0) is 11.2 Å². The molecular formula is C10H12NO. The van der Waals surface area contributed by atoms with E-state index in [1.807, 2.05) is 24.3 Å². The van der Waals surface area contributed by atoms with Gasteiger partial charge in [-0.05, 0) is 18.1 Å². The molecule has 0 saturated carbocycles. The first kappa shape index (κ1) is 8.78. The lowest BCUT2D eigenvalue weighted by molar-refractivity contribution is -0.118. The van der Waals surface area contributed by atoms with Crippen LogP contribution in [0.2, 0.25) is 0 Å². The maximum absolute atomic E-state index is 10.5.